The number of rotatable bonds is 2. The lowest BCUT2D eigenvalue weighted by atomic mass is 9.70. The Balaban J connectivity index is 2.14. The van der Waals surface area contributed by atoms with Crippen LogP contribution in [-0.2, 0) is 0 Å². The molecule has 0 spiro atoms. The summed E-state index contributed by atoms with van der Waals surface area (Å²) in [6, 6.07) is 2.20. The molecule has 1 nitrogen and oxygen atoms in total. The zero-order valence-corrected chi connectivity index (χ0v) is 12.3. The van der Waals surface area contributed by atoms with Crippen LogP contribution < -0.4 is 5.32 Å². The number of halogens is 3. The highest BCUT2D eigenvalue weighted by molar-refractivity contribution is 6.33. The molecule has 2 atom stereocenters. The van der Waals surface area contributed by atoms with E-state index >= 15 is 0 Å². The first-order chi connectivity index (χ1) is 8.78. The van der Waals surface area contributed by atoms with Crippen molar-refractivity contribution < 1.29 is 8.78 Å². The molecule has 19 heavy (non-hydrogen) atoms. The van der Waals surface area contributed by atoms with Crippen molar-refractivity contribution in [2.75, 3.05) is 5.32 Å². The standard InChI is InChI=1S/C15H20ClF2N/c1-9-8-15(2,3)5-4-13(9)19-14-11(16)6-10(17)7-12(14)18/h6-7,9,13,19H,4-5,8H2,1-3H3. The van der Waals surface area contributed by atoms with E-state index in [2.05, 4.69) is 26.1 Å². The summed E-state index contributed by atoms with van der Waals surface area (Å²) in [4.78, 5) is 0. The van der Waals surface area contributed by atoms with Gasteiger partial charge in [-0.1, -0.05) is 32.4 Å². The van der Waals surface area contributed by atoms with Gasteiger partial charge < -0.3 is 5.32 Å². The summed E-state index contributed by atoms with van der Waals surface area (Å²) in [7, 11) is 0. The Hall–Kier alpha value is -0.830. The van der Waals surface area contributed by atoms with Gasteiger partial charge in [0.05, 0.1) is 10.7 Å². The molecule has 106 valence electrons. The summed E-state index contributed by atoms with van der Waals surface area (Å²) in [5.74, 6) is -0.836. The summed E-state index contributed by atoms with van der Waals surface area (Å²) >= 11 is 5.92. The van der Waals surface area contributed by atoms with Gasteiger partial charge in [0.25, 0.3) is 0 Å². The smallest absolute Gasteiger partial charge is 0.150 e. The highest BCUT2D eigenvalue weighted by atomic mass is 35.5. The molecule has 1 aliphatic rings. The van der Waals surface area contributed by atoms with Crippen LogP contribution in [-0.4, -0.2) is 6.04 Å². The van der Waals surface area contributed by atoms with E-state index in [1.54, 1.807) is 0 Å². The van der Waals surface area contributed by atoms with E-state index in [4.69, 9.17) is 11.6 Å². The molecule has 1 aliphatic carbocycles. The Labute approximate surface area is 118 Å². The van der Waals surface area contributed by atoms with Crippen molar-refractivity contribution in [1.29, 1.82) is 0 Å². The predicted molar refractivity (Wildman–Crippen MR) is 75.6 cm³/mol. The minimum Gasteiger partial charge on any atom is -0.378 e. The summed E-state index contributed by atoms with van der Waals surface area (Å²) in [5, 5.41) is 3.26. The lowest BCUT2D eigenvalue weighted by Gasteiger charge is -2.40. The quantitative estimate of drug-likeness (QED) is 0.784. The first-order valence-electron chi connectivity index (χ1n) is 6.69. The molecular weight excluding hydrogens is 268 g/mol. The van der Waals surface area contributed by atoms with Crippen molar-refractivity contribution >= 4 is 17.3 Å². The van der Waals surface area contributed by atoms with Gasteiger partial charge in [0.1, 0.15) is 5.82 Å². The van der Waals surface area contributed by atoms with Crippen molar-refractivity contribution in [3.8, 4) is 0 Å². The fourth-order valence-corrected chi connectivity index (χ4v) is 3.28. The Morgan fingerprint density at radius 3 is 2.58 bits per heavy atom. The van der Waals surface area contributed by atoms with Gasteiger partial charge >= 0.3 is 0 Å². The Bertz CT molecular complexity index is 450. The molecule has 1 aromatic carbocycles. The molecular formula is C15H20ClF2N. The molecule has 1 saturated carbocycles. The van der Waals surface area contributed by atoms with Gasteiger partial charge in [-0.05, 0) is 36.7 Å². The van der Waals surface area contributed by atoms with E-state index in [0.29, 0.717) is 11.3 Å². The van der Waals surface area contributed by atoms with Gasteiger partial charge in [-0.25, -0.2) is 8.78 Å². The lowest BCUT2D eigenvalue weighted by molar-refractivity contribution is 0.177. The molecule has 0 aromatic heterocycles. The second-order valence-corrected chi connectivity index (χ2v) is 6.79. The molecule has 0 amide bonds. The highest BCUT2D eigenvalue weighted by Gasteiger charge is 2.32. The Morgan fingerprint density at radius 1 is 1.32 bits per heavy atom. The maximum Gasteiger partial charge on any atom is 0.150 e. The van der Waals surface area contributed by atoms with E-state index in [-0.39, 0.29) is 16.8 Å². The van der Waals surface area contributed by atoms with Crippen LogP contribution in [0.15, 0.2) is 12.1 Å². The number of anilines is 1. The van der Waals surface area contributed by atoms with E-state index < -0.39 is 11.6 Å². The van der Waals surface area contributed by atoms with Crippen molar-refractivity contribution in [3.63, 3.8) is 0 Å². The van der Waals surface area contributed by atoms with Crippen LogP contribution in [0.2, 0.25) is 5.02 Å². The van der Waals surface area contributed by atoms with E-state index in [0.717, 1.165) is 31.4 Å². The normalized spacial score (nSPS) is 26.2. The van der Waals surface area contributed by atoms with Crippen molar-refractivity contribution in [2.45, 2.75) is 46.1 Å². The monoisotopic (exact) mass is 287 g/mol. The van der Waals surface area contributed by atoms with Crippen LogP contribution in [0.1, 0.15) is 40.0 Å². The predicted octanol–water partition coefficient (Wildman–Crippen LogP) is 5.24. The van der Waals surface area contributed by atoms with Crippen LogP contribution in [0.25, 0.3) is 0 Å². The number of nitrogens with one attached hydrogen (secondary N) is 1. The van der Waals surface area contributed by atoms with Crippen LogP contribution in [0.5, 0.6) is 0 Å². The van der Waals surface area contributed by atoms with Gasteiger partial charge in [-0.3, -0.25) is 0 Å². The second-order valence-electron chi connectivity index (χ2n) is 6.38. The first kappa shape index (κ1) is 14.6. The molecule has 4 heteroatoms. The van der Waals surface area contributed by atoms with Gasteiger partial charge in [0.2, 0.25) is 0 Å². The number of hydrogen-bond donors (Lipinski definition) is 1. The lowest BCUT2D eigenvalue weighted by Crippen LogP contribution is -2.37. The SMILES string of the molecule is CC1CC(C)(C)CCC1Nc1c(F)cc(F)cc1Cl. The molecule has 0 radical (unpaired) electrons. The fourth-order valence-electron chi connectivity index (χ4n) is 3.03. The summed E-state index contributed by atoms with van der Waals surface area (Å²) in [6.45, 7) is 6.67. The van der Waals surface area contributed by atoms with E-state index in [9.17, 15) is 8.78 Å². The van der Waals surface area contributed by atoms with Gasteiger partial charge in [0.15, 0.2) is 5.82 Å². The largest absolute Gasteiger partial charge is 0.378 e. The van der Waals surface area contributed by atoms with Crippen molar-refractivity contribution in [3.05, 3.63) is 28.8 Å². The molecule has 0 bridgehead atoms. The van der Waals surface area contributed by atoms with E-state index in [1.807, 2.05) is 0 Å². The molecule has 1 fully saturated rings. The van der Waals surface area contributed by atoms with Gasteiger partial charge in [-0.2, -0.15) is 0 Å². The van der Waals surface area contributed by atoms with E-state index in [1.165, 1.54) is 0 Å². The third-order valence-corrected chi connectivity index (χ3v) is 4.33. The molecule has 2 unspecified atom stereocenters. The fraction of sp³-hybridized carbons (Fsp3) is 0.600. The maximum atomic E-state index is 13.8. The summed E-state index contributed by atoms with van der Waals surface area (Å²) in [5.41, 5.74) is 0.558. The second kappa shape index (κ2) is 5.28. The molecule has 1 N–H and O–H groups in total. The first-order valence-corrected chi connectivity index (χ1v) is 7.07. The van der Waals surface area contributed by atoms with Gasteiger partial charge in [-0.15, -0.1) is 0 Å². The highest BCUT2D eigenvalue weighted by Crippen LogP contribution is 2.40. The average molecular weight is 288 g/mol. The maximum absolute atomic E-state index is 13.8. The van der Waals surface area contributed by atoms with Crippen LogP contribution in [0.4, 0.5) is 14.5 Å². The third-order valence-electron chi connectivity index (χ3n) is 4.03. The van der Waals surface area contributed by atoms with Crippen LogP contribution >= 0.6 is 11.6 Å². The Kier molecular flexibility index (Phi) is 4.05. The Morgan fingerprint density at radius 2 is 2.00 bits per heavy atom. The zero-order chi connectivity index (χ0) is 14.2. The van der Waals surface area contributed by atoms with Crippen molar-refractivity contribution in [1.82, 2.24) is 0 Å². The van der Waals surface area contributed by atoms with Crippen LogP contribution in [0, 0.1) is 23.0 Å². The minimum absolute atomic E-state index is 0.106. The zero-order valence-electron chi connectivity index (χ0n) is 11.6. The molecule has 0 aliphatic heterocycles. The molecule has 0 saturated heterocycles. The van der Waals surface area contributed by atoms with Crippen LogP contribution in [0.3, 0.4) is 0 Å². The van der Waals surface area contributed by atoms with Gasteiger partial charge in [0, 0.05) is 12.1 Å². The molecule has 1 aromatic rings. The minimum atomic E-state index is -0.647. The molecule has 0 heterocycles. The number of hydrogen-bond acceptors (Lipinski definition) is 1. The number of benzene rings is 1. The topological polar surface area (TPSA) is 12.0 Å². The summed E-state index contributed by atoms with van der Waals surface area (Å²) < 4.78 is 26.8. The molecule has 2 rings (SSSR count). The summed E-state index contributed by atoms with van der Waals surface area (Å²) in [6.07, 6.45) is 3.15. The third kappa shape index (κ3) is 3.38. The van der Waals surface area contributed by atoms with Crippen molar-refractivity contribution in [2.24, 2.45) is 11.3 Å². The average Bonchev–Trinajstić information content (AvgIpc) is 2.24.